The molecule has 0 N–H and O–H groups in total. The maximum Gasteiger partial charge on any atom is 0.108 e. The number of amidine groups is 1. The van der Waals surface area contributed by atoms with Crippen LogP contribution in [0.25, 0.3) is 0 Å². The first-order valence-corrected chi connectivity index (χ1v) is 8.32. The minimum atomic E-state index is 0.00532. The van der Waals surface area contributed by atoms with Gasteiger partial charge in [0.1, 0.15) is 6.10 Å². The van der Waals surface area contributed by atoms with E-state index in [1.165, 1.54) is 11.1 Å². The van der Waals surface area contributed by atoms with Crippen LogP contribution in [0.4, 0.5) is 0 Å². The third-order valence-corrected chi connectivity index (χ3v) is 4.23. The molecule has 0 saturated carbocycles. The summed E-state index contributed by atoms with van der Waals surface area (Å²) in [4.78, 5) is 6.77. The minimum Gasteiger partial charge on any atom is -0.369 e. The van der Waals surface area contributed by atoms with Crippen molar-refractivity contribution in [3.63, 3.8) is 0 Å². The molecule has 2 aromatic rings. The first-order valence-electron chi connectivity index (χ1n) is 8.32. The van der Waals surface area contributed by atoms with Crippen LogP contribution in [0, 0.1) is 0 Å². The fourth-order valence-electron chi connectivity index (χ4n) is 2.97. The van der Waals surface area contributed by atoms with E-state index in [4.69, 9.17) is 4.74 Å². The normalized spacial score (nSPS) is 14.3. The van der Waals surface area contributed by atoms with Crippen LogP contribution in [0.15, 0.2) is 65.7 Å². The van der Waals surface area contributed by atoms with E-state index in [0.717, 1.165) is 38.5 Å². The number of benzene rings is 2. The Labute approximate surface area is 138 Å². The Hall–Kier alpha value is -2.13. The van der Waals surface area contributed by atoms with Crippen LogP contribution in [0.2, 0.25) is 0 Å². The Morgan fingerprint density at radius 2 is 1.61 bits per heavy atom. The SMILES string of the molecule is CC1=NCCN1CCCOC(c1ccccc1)c1ccccc1. The molecule has 2 aromatic carbocycles. The summed E-state index contributed by atoms with van der Waals surface area (Å²) in [6.45, 7) is 5.84. The highest BCUT2D eigenvalue weighted by atomic mass is 16.5. The van der Waals surface area contributed by atoms with Gasteiger partial charge in [0.25, 0.3) is 0 Å². The van der Waals surface area contributed by atoms with E-state index in [9.17, 15) is 0 Å². The quantitative estimate of drug-likeness (QED) is 0.724. The highest BCUT2D eigenvalue weighted by Gasteiger charge is 2.15. The molecule has 3 rings (SSSR count). The molecule has 0 fully saturated rings. The van der Waals surface area contributed by atoms with Gasteiger partial charge in [-0.05, 0) is 24.5 Å². The Morgan fingerprint density at radius 1 is 1.00 bits per heavy atom. The molecule has 1 heterocycles. The zero-order chi connectivity index (χ0) is 15.9. The minimum absolute atomic E-state index is 0.00532. The van der Waals surface area contributed by atoms with Gasteiger partial charge >= 0.3 is 0 Å². The van der Waals surface area contributed by atoms with E-state index < -0.39 is 0 Å². The molecule has 0 spiro atoms. The molecule has 0 amide bonds. The van der Waals surface area contributed by atoms with Crippen LogP contribution >= 0.6 is 0 Å². The number of aliphatic imine (C=N–C) groups is 1. The molecule has 0 bridgehead atoms. The number of ether oxygens (including phenoxy) is 1. The van der Waals surface area contributed by atoms with E-state index >= 15 is 0 Å². The number of nitrogens with zero attached hydrogens (tertiary/aromatic N) is 2. The third-order valence-electron chi connectivity index (χ3n) is 4.23. The topological polar surface area (TPSA) is 24.8 Å². The van der Waals surface area contributed by atoms with E-state index in [0.29, 0.717) is 0 Å². The van der Waals surface area contributed by atoms with Gasteiger partial charge in [-0.25, -0.2) is 0 Å². The van der Waals surface area contributed by atoms with Gasteiger partial charge in [0.2, 0.25) is 0 Å². The standard InChI is InChI=1S/C20H24N2O/c1-17-21-13-15-22(17)14-8-16-23-20(18-9-4-2-5-10-18)19-11-6-3-7-12-19/h2-7,9-12,20H,8,13-16H2,1H3. The lowest BCUT2D eigenvalue weighted by Crippen LogP contribution is -2.27. The van der Waals surface area contributed by atoms with Crippen molar-refractivity contribution in [2.75, 3.05) is 26.2 Å². The number of hydrogen-bond acceptors (Lipinski definition) is 3. The second-order valence-electron chi connectivity index (χ2n) is 5.84. The van der Waals surface area contributed by atoms with Crippen molar-refractivity contribution in [1.29, 1.82) is 0 Å². The summed E-state index contributed by atoms with van der Waals surface area (Å²) >= 11 is 0. The van der Waals surface area contributed by atoms with Crippen LogP contribution in [0.1, 0.15) is 30.6 Å². The van der Waals surface area contributed by atoms with E-state index in [2.05, 4.69) is 65.3 Å². The van der Waals surface area contributed by atoms with E-state index in [-0.39, 0.29) is 6.10 Å². The van der Waals surface area contributed by atoms with Crippen molar-refractivity contribution >= 4 is 5.84 Å². The number of hydrogen-bond donors (Lipinski definition) is 0. The molecule has 0 atom stereocenters. The van der Waals surface area contributed by atoms with Gasteiger partial charge in [0.05, 0.1) is 12.4 Å². The molecule has 0 unspecified atom stereocenters. The van der Waals surface area contributed by atoms with Crippen molar-refractivity contribution in [1.82, 2.24) is 4.90 Å². The van der Waals surface area contributed by atoms with Crippen molar-refractivity contribution in [3.05, 3.63) is 71.8 Å². The van der Waals surface area contributed by atoms with Gasteiger partial charge in [0.15, 0.2) is 0 Å². The zero-order valence-electron chi connectivity index (χ0n) is 13.7. The molecule has 23 heavy (non-hydrogen) atoms. The van der Waals surface area contributed by atoms with Crippen LogP contribution in [0.5, 0.6) is 0 Å². The maximum absolute atomic E-state index is 6.24. The Balaban J connectivity index is 1.60. The molecule has 0 radical (unpaired) electrons. The Bertz CT molecular complexity index is 585. The molecule has 1 aliphatic heterocycles. The van der Waals surface area contributed by atoms with E-state index in [1.54, 1.807) is 0 Å². The Kier molecular flexibility index (Phi) is 5.43. The zero-order valence-corrected chi connectivity index (χ0v) is 13.7. The molecular formula is C20H24N2O. The summed E-state index contributed by atoms with van der Waals surface area (Å²) in [5.74, 6) is 1.16. The summed E-state index contributed by atoms with van der Waals surface area (Å²) in [5.41, 5.74) is 2.41. The fraction of sp³-hybridized carbons (Fsp3) is 0.350. The lowest BCUT2D eigenvalue weighted by atomic mass is 10.0. The van der Waals surface area contributed by atoms with Crippen LogP contribution < -0.4 is 0 Å². The Morgan fingerprint density at radius 3 is 2.13 bits per heavy atom. The van der Waals surface area contributed by atoms with Gasteiger partial charge in [-0.15, -0.1) is 0 Å². The lowest BCUT2D eigenvalue weighted by molar-refractivity contribution is 0.0754. The van der Waals surface area contributed by atoms with Crippen molar-refractivity contribution in [3.8, 4) is 0 Å². The smallest absolute Gasteiger partial charge is 0.108 e. The summed E-state index contributed by atoms with van der Waals surface area (Å²) in [6, 6.07) is 20.9. The van der Waals surface area contributed by atoms with Gasteiger partial charge in [-0.2, -0.15) is 0 Å². The highest BCUT2D eigenvalue weighted by molar-refractivity contribution is 5.81. The molecule has 3 heteroatoms. The number of rotatable bonds is 7. The highest BCUT2D eigenvalue weighted by Crippen LogP contribution is 2.25. The first kappa shape index (κ1) is 15.8. The molecule has 0 aliphatic carbocycles. The van der Waals surface area contributed by atoms with Crippen LogP contribution in [0.3, 0.4) is 0 Å². The van der Waals surface area contributed by atoms with Crippen molar-refractivity contribution in [2.24, 2.45) is 4.99 Å². The summed E-state index contributed by atoms with van der Waals surface area (Å²) in [6.07, 6.45) is 1.02. The fourth-order valence-corrected chi connectivity index (χ4v) is 2.97. The first-order chi connectivity index (χ1) is 11.3. The van der Waals surface area contributed by atoms with Gasteiger partial charge < -0.3 is 9.64 Å². The molecule has 120 valence electrons. The average molecular weight is 308 g/mol. The second kappa shape index (κ2) is 7.93. The molecular weight excluding hydrogens is 284 g/mol. The van der Waals surface area contributed by atoms with E-state index in [1.807, 2.05) is 12.1 Å². The molecule has 1 aliphatic rings. The predicted octanol–water partition coefficient (Wildman–Crippen LogP) is 3.92. The monoisotopic (exact) mass is 308 g/mol. The summed E-state index contributed by atoms with van der Waals surface area (Å²) in [5, 5.41) is 0. The average Bonchev–Trinajstić information content (AvgIpc) is 3.01. The molecule has 0 aromatic heterocycles. The van der Waals surface area contributed by atoms with Gasteiger partial charge in [-0.3, -0.25) is 4.99 Å². The second-order valence-corrected chi connectivity index (χ2v) is 5.84. The largest absolute Gasteiger partial charge is 0.369 e. The van der Waals surface area contributed by atoms with Crippen LogP contribution in [-0.4, -0.2) is 37.0 Å². The van der Waals surface area contributed by atoms with Crippen LogP contribution in [-0.2, 0) is 4.74 Å². The van der Waals surface area contributed by atoms with Gasteiger partial charge in [0, 0.05) is 19.7 Å². The van der Waals surface area contributed by atoms with Crippen molar-refractivity contribution < 1.29 is 4.74 Å². The van der Waals surface area contributed by atoms with Crippen molar-refractivity contribution in [2.45, 2.75) is 19.4 Å². The van der Waals surface area contributed by atoms with Gasteiger partial charge in [-0.1, -0.05) is 60.7 Å². The third kappa shape index (κ3) is 4.20. The maximum atomic E-state index is 6.24. The summed E-state index contributed by atoms with van der Waals surface area (Å²) in [7, 11) is 0. The molecule has 0 saturated heterocycles. The lowest BCUT2D eigenvalue weighted by Gasteiger charge is -2.21. The summed E-state index contributed by atoms with van der Waals surface area (Å²) < 4.78 is 6.24. The molecule has 3 nitrogen and oxygen atoms in total. The predicted molar refractivity (Wildman–Crippen MR) is 94.8 cm³/mol.